The van der Waals surface area contributed by atoms with Gasteiger partial charge in [-0.3, -0.25) is 9.97 Å². The Morgan fingerprint density at radius 3 is 1.18 bits per heavy atom. The third-order valence-corrected chi connectivity index (χ3v) is 5.43. The van der Waals surface area contributed by atoms with E-state index in [4.69, 9.17) is 19.9 Å². The molecule has 6 heteroatoms. The maximum absolute atomic E-state index is 4.81. The monoisotopic (exact) mass is 438 g/mol. The average molecular weight is 438 g/mol. The number of fused-ring (bicyclic) bond motifs is 1. The molecule has 6 nitrogen and oxygen atoms in total. The minimum absolute atomic E-state index is 0.644. The van der Waals surface area contributed by atoms with Crippen molar-refractivity contribution in [2.45, 2.75) is 0 Å². The summed E-state index contributed by atoms with van der Waals surface area (Å²) in [5.41, 5.74) is 6.95. The Labute approximate surface area is 196 Å². The Hall–Kier alpha value is -4.84. The van der Waals surface area contributed by atoms with Crippen LogP contribution in [0.5, 0.6) is 0 Å². The molecule has 0 aliphatic heterocycles. The van der Waals surface area contributed by atoms with Gasteiger partial charge >= 0.3 is 0 Å². The summed E-state index contributed by atoms with van der Waals surface area (Å²) in [6.07, 6.45) is 3.53. The van der Waals surface area contributed by atoms with Crippen LogP contribution in [0.25, 0.3) is 56.6 Å². The van der Waals surface area contributed by atoms with Crippen LogP contribution in [0.15, 0.2) is 109 Å². The Balaban J connectivity index is 1.39. The van der Waals surface area contributed by atoms with E-state index in [2.05, 4.69) is 9.97 Å². The molecule has 0 N–H and O–H groups in total. The fraction of sp³-hybridized carbons (Fsp3) is 0. The van der Waals surface area contributed by atoms with Gasteiger partial charge in [-0.15, -0.1) is 0 Å². The summed E-state index contributed by atoms with van der Waals surface area (Å²) in [7, 11) is 0. The molecule has 6 aromatic heterocycles. The van der Waals surface area contributed by atoms with Crippen molar-refractivity contribution in [2.24, 2.45) is 0 Å². The van der Waals surface area contributed by atoms with Gasteiger partial charge in [0.2, 0.25) is 0 Å². The van der Waals surface area contributed by atoms with Crippen LogP contribution in [-0.4, -0.2) is 29.9 Å². The molecule has 0 bridgehead atoms. The summed E-state index contributed by atoms with van der Waals surface area (Å²) in [5, 5.41) is 0.953. The highest BCUT2D eigenvalue weighted by Crippen LogP contribution is 2.25. The van der Waals surface area contributed by atoms with Gasteiger partial charge in [-0.2, -0.15) is 0 Å². The van der Waals surface area contributed by atoms with Crippen LogP contribution in [0.3, 0.4) is 0 Å². The lowest BCUT2D eigenvalue weighted by Crippen LogP contribution is -1.95. The Bertz CT molecular complexity index is 1480. The van der Waals surface area contributed by atoms with Gasteiger partial charge in [0.05, 0.1) is 45.6 Å². The number of hydrogen-bond acceptors (Lipinski definition) is 6. The first-order valence-corrected chi connectivity index (χ1v) is 10.9. The molecule has 6 rings (SSSR count). The van der Waals surface area contributed by atoms with Gasteiger partial charge in [-0.25, -0.2) is 19.9 Å². The van der Waals surface area contributed by atoms with Crippen LogP contribution in [0, 0.1) is 0 Å². The fourth-order valence-corrected chi connectivity index (χ4v) is 3.75. The van der Waals surface area contributed by atoms with Crippen LogP contribution in [0.2, 0.25) is 0 Å². The lowest BCUT2D eigenvalue weighted by Gasteiger charge is -2.07. The highest BCUT2D eigenvalue weighted by molar-refractivity contribution is 5.80. The van der Waals surface area contributed by atoms with Crippen molar-refractivity contribution in [1.29, 1.82) is 0 Å². The van der Waals surface area contributed by atoms with Gasteiger partial charge in [0.15, 0.2) is 5.65 Å². The van der Waals surface area contributed by atoms with E-state index >= 15 is 0 Å². The molecule has 0 aliphatic carbocycles. The number of hydrogen-bond donors (Lipinski definition) is 0. The maximum Gasteiger partial charge on any atom is 0.160 e. The van der Waals surface area contributed by atoms with E-state index in [9.17, 15) is 0 Å². The van der Waals surface area contributed by atoms with Crippen molar-refractivity contribution in [3.8, 4) is 45.6 Å². The zero-order chi connectivity index (χ0) is 22.7. The largest absolute Gasteiger partial charge is 0.255 e. The van der Waals surface area contributed by atoms with Crippen LogP contribution in [-0.2, 0) is 0 Å². The quantitative estimate of drug-likeness (QED) is 0.342. The SMILES string of the molecule is c1ccc(-c2cccc(-c3ccc4ccc(-c5cccc(-c6ccccn6)n5)nc4n3)n2)nc1. The highest BCUT2D eigenvalue weighted by atomic mass is 14.9. The first-order valence-electron chi connectivity index (χ1n) is 10.9. The standard InChI is InChI=1S/C28H18N6/c1-3-17-29-20(7-1)22-9-5-11-24(31-22)26-15-13-19-14-16-27(34-28(19)33-26)25-12-6-10-23(32-25)21-8-2-4-18-30-21/h1-18H. The molecule has 0 aliphatic rings. The van der Waals surface area contributed by atoms with E-state index in [0.29, 0.717) is 5.65 Å². The lowest BCUT2D eigenvalue weighted by molar-refractivity contribution is 1.20. The van der Waals surface area contributed by atoms with Crippen molar-refractivity contribution >= 4 is 11.0 Å². The second-order valence-corrected chi connectivity index (χ2v) is 7.69. The van der Waals surface area contributed by atoms with E-state index in [0.717, 1.165) is 50.9 Å². The van der Waals surface area contributed by atoms with Crippen molar-refractivity contribution in [3.63, 3.8) is 0 Å². The summed E-state index contributed by atoms with van der Waals surface area (Å²) >= 11 is 0. The van der Waals surface area contributed by atoms with Gasteiger partial charge in [-0.05, 0) is 72.8 Å². The van der Waals surface area contributed by atoms with Crippen molar-refractivity contribution < 1.29 is 0 Å². The predicted octanol–water partition coefficient (Wildman–Crippen LogP) is 5.88. The molecular formula is C28H18N6. The summed E-state index contributed by atoms with van der Waals surface area (Å²) in [6.45, 7) is 0. The maximum atomic E-state index is 4.81. The highest BCUT2D eigenvalue weighted by Gasteiger charge is 2.10. The Kier molecular flexibility index (Phi) is 5.01. The van der Waals surface area contributed by atoms with Gasteiger partial charge in [0, 0.05) is 17.8 Å². The smallest absolute Gasteiger partial charge is 0.160 e. The predicted molar refractivity (Wildman–Crippen MR) is 132 cm³/mol. The topological polar surface area (TPSA) is 77.3 Å². The summed E-state index contributed by atoms with van der Waals surface area (Å²) in [4.78, 5) is 28.0. The van der Waals surface area contributed by atoms with Crippen molar-refractivity contribution in [3.05, 3.63) is 109 Å². The molecule has 0 saturated carbocycles. The van der Waals surface area contributed by atoms with E-state index in [1.807, 2.05) is 97.1 Å². The van der Waals surface area contributed by atoms with E-state index in [-0.39, 0.29) is 0 Å². The zero-order valence-electron chi connectivity index (χ0n) is 18.1. The minimum Gasteiger partial charge on any atom is -0.255 e. The van der Waals surface area contributed by atoms with E-state index < -0.39 is 0 Å². The van der Waals surface area contributed by atoms with Crippen molar-refractivity contribution in [1.82, 2.24) is 29.9 Å². The van der Waals surface area contributed by atoms with Gasteiger partial charge < -0.3 is 0 Å². The molecule has 6 heterocycles. The van der Waals surface area contributed by atoms with Crippen LogP contribution < -0.4 is 0 Å². The molecular weight excluding hydrogens is 420 g/mol. The molecule has 0 fully saturated rings. The third-order valence-electron chi connectivity index (χ3n) is 5.43. The van der Waals surface area contributed by atoms with Gasteiger partial charge in [0.25, 0.3) is 0 Å². The summed E-state index contributed by atoms with van der Waals surface area (Å²) in [6, 6.07) is 31.3. The molecule has 0 aromatic carbocycles. The zero-order valence-corrected chi connectivity index (χ0v) is 18.1. The van der Waals surface area contributed by atoms with Gasteiger partial charge in [0.1, 0.15) is 0 Å². The number of rotatable bonds is 4. The number of aromatic nitrogens is 6. The Morgan fingerprint density at radius 2 is 0.735 bits per heavy atom. The molecule has 0 atom stereocenters. The Morgan fingerprint density at radius 1 is 0.324 bits per heavy atom. The average Bonchev–Trinajstić information content (AvgIpc) is 2.93. The summed E-state index contributed by atoms with van der Waals surface area (Å²) in [5.74, 6) is 0. The van der Waals surface area contributed by atoms with Crippen LogP contribution >= 0.6 is 0 Å². The first-order chi connectivity index (χ1) is 16.8. The molecule has 0 radical (unpaired) electrons. The van der Waals surface area contributed by atoms with Crippen molar-refractivity contribution in [2.75, 3.05) is 0 Å². The number of pyridine rings is 6. The minimum atomic E-state index is 0.644. The molecule has 0 amide bonds. The molecule has 0 spiro atoms. The van der Waals surface area contributed by atoms with E-state index in [1.165, 1.54) is 0 Å². The number of nitrogens with zero attached hydrogens (tertiary/aromatic N) is 6. The second-order valence-electron chi connectivity index (χ2n) is 7.69. The lowest BCUT2D eigenvalue weighted by atomic mass is 10.1. The summed E-state index contributed by atoms with van der Waals surface area (Å²) < 4.78 is 0. The fourth-order valence-electron chi connectivity index (χ4n) is 3.75. The van der Waals surface area contributed by atoms with Gasteiger partial charge in [-0.1, -0.05) is 24.3 Å². The first kappa shape index (κ1) is 19.8. The van der Waals surface area contributed by atoms with Crippen LogP contribution in [0.1, 0.15) is 0 Å². The molecule has 0 unspecified atom stereocenters. The third kappa shape index (κ3) is 3.89. The molecule has 6 aromatic rings. The van der Waals surface area contributed by atoms with E-state index in [1.54, 1.807) is 12.4 Å². The normalized spacial score (nSPS) is 10.9. The van der Waals surface area contributed by atoms with Crippen LogP contribution in [0.4, 0.5) is 0 Å². The molecule has 0 saturated heterocycles. The second kappa shape index (κ2) is 8.60. The molecule has 34 heavy (non-hydrogen) atoms. The molecule has 160 valence electrons.